The molecule has 7 nitrogen and oxygen atoms in total. The Balaban J connectivity index is 1.69. The van der Waals surface area contributed by atoms with Crippen molar-refractivity contribution in [3.8, 4) is 0 Å². The molecule has 2 aliphatic heterocycles. The van der Waals surface area contributed by atoms with Crippen LogP contribution in [0.15, 0.2) is 30.3 Å². The lowest BCUT2D eigenvalue weighted by Gasteiger charge is -2.44. The van der Waals surface area contributed by atoms with Crippen molar-refractivity contribution in [3.05, 3.63) is 35.9 Å². The fourth-order valence-corrected chi connectivity index (χ4v) is 6.23. The van der Waals surface area contributed by atoms with Gasteiger partial charge in [0, 0.05) is 12.3 Å². The van der Waals surface area contributed by atoms with Crippen molar-refractivity contribution in [2.45, 2.75) is 64.1 Å². The maximum atomic E-state index is 13.4. The second-order valence-corrected chi connectivity index (χ2v) is 9.98. The van der Waals surface area contributed by atoms with Crippen LogP contribution in [0.2, 0.25) is 0 Å². The molecule has 2 N–H and O–H groups in total. The van der Waals surface area contributed by atoms with Gasteiger partial charge in [-0.3, -0.25) is 14.9 Å². The normalized spacial score (nSPS) is 24.8. The van der Waals surface area contributed by atoms with E-state index < -0.39 is 24.1 Å². The summed E-state index contributed by atoms with van der Waals surface area (Å²) in [5.41, 5.74) is 1.12. The summed E-state index contributed by atoms with van der Waals surface area (Å²) in [6, 6.07) is 7.71. The Bertz CT molecular complexity index is 797. The van der Waals surface area contributed by atoms with Gasteiger partial charge in [0.2, 0.25) is 5.91 Å². The molecule has 1 aromatic rings. The molecule has 2 heterocycles. The summed E-state index contributed by atoms with van der Waals surface area (Å²) in [4.78, 5) is 39.4. The molecule has 3 rings (SSSR count). The van der Waals surface area contributed by atoms with Crippen molar-refractivity contribution < 1.29 is 24.2 Å². The van der Waals surface area contributed by atoms with Gasteiger partial charge in [0.15, 0.2) is 0 Å². The largest absolute Gasteiger partial charge is 0.480 e. The Morgan fingerprint density at radius 3 is 2.66 bits per heavy atom. The Labute approximate surface area is 194 Å². The van der Waals surface area contributed by atoms with Gasteiger partial charge in [-0.15, -0.1) is 0 Å². The number of nitrogens with one attached hydrogen (secondary N) is 1. The van der Waals surface area contributed by atoms with Gasteiger partial charge >= 0.3 is 11.9 Å². The summed E-state index contributed by atoms with van der Waals surface area (Å²) in [5.74, 6) is 0.408. The highest BCUT2D eigenvalue weighted by Crippen LogP contribution is 2.44. The zero-order chi connectivity index (χ0) is 23.1. The molecule has 0 aliphatic carbocycles. The average molecular weight is 463 g/mol. The Morgan fingerprint density at radius 1 is 1.28 bits per heavy atom. The van der Waals surface area contributed by atoms with E-state index in [0.29, 0.717) is 25.8 Å². The molecule has 2 aliphatic rings. The van der Waals surface area contributed by atoms with Crippen molar-refractivity contribution >= 4 is 29.6 Å². The predicted molar refractivity (Wildman–Crippen MR) is 125 cm³/mol. The van der Waals surface area contributed by atoms with Gasteiger partial charge in [0.05, 0.1) is 12.6 Å². The third-order valence-electron chi connectivity index (χ3n) is 6.54. The molecular formula is C24H34N2O5S. The summed E-state index contributed by atoms with van der Waals surface area (Å²) in [6.07, 6.45) is 3.48. The summed E-state index contributed by atoms with van der Waals surface area (Å²) in [6.45, 7) is 4.19. The van der Waals surface area contributed by atoms with Crippen molar-refractivity contribution in [1.82, 2.24) is 10.2 Å². The van der Waals surface area contributed by atoms with E-state index in [2.05, 4.69) is 5.32 Å². The smallest absolute Gasteiger partial charge is 0.326 e. The Hall–Kier alpha value is -2.06. The van der Waals surface area contributed by atoms with E-state index in [-0.39, 0.29) is 23.9 Å². The number of thioether (sulfide) groups is 1. The number of carbonyl (C=O) groups excluding carboxylic acids is 2. The van der Waals surface area contributed by atoms with E-state index in [1.54, 1.807) is 13.8 Å². The maximum absolute atomic E-state index is 13.4. The first-order valence-corrected chi connectivity index (χ1v) is 12.6. The van der Waals surface area contributed by atoms with E-state index in [0.717, 1.165) is 29.9 Å². The fourth-order valence-electron chi connectivity index (χ4n) is 4.70. The summed E-state index contributed by atoms with van der Waals surface area (Å²) in [7, 11) is 0. The monoisotopic (exact) mass is 462 g/mol. The lowest BCUT2D eigenvalue weighted by molar-refractivity contribution is -0.156. The highest BCUT2D eigenvalue weighted by Gasteiger charge is 2.46. The number of rotatable bonds is 9. The number of piperidine rings is 1. The number of hydrogen-bond acceptors (Lipinski definition) is 6. The molecule has 0 radical (unpaired) electrons. The van der Waals surface area contributed by atoms with Gasteiger partial charge in [-0.1, -0.05) is 30.3 Å². The summed E-state index contributed by atoms with van der Waals surface area (Å²) >= 11 is 1.87. The fraction of sp³-hybridized carbons (Fsp3) is 0.625. The molecule has 1 amide bonds. The molecule has 1 spiro atoms. The van der Waals surface area contributed by atoms with Gasteiger partial charge in [-0.05, 0) is 62.7 Å². The minimum absolute atomic E-state index is 0.0137. The van der Waals surface area contributed by atoms with E-state index in [1.165, 1.54) is 4.90 Å². The minimum Gasteiger partial charge on any atom is -0.480 e. The molecule has 0 bridgehead atoms. The predicted octanol–water partition coefficient (Wildman–Crippen LogP) is 2.73. The van der Waals surface area contributed by atoms with Crippen LogP contribution in [0.4, 0.5) is 0 Å². The first-order chi connectivity index (χ1) is 15.3. The molecule has 2 fully saturated rings. The van der Waals surface area contributed by atoms with Crippen molar-refractivity contribution in [3.63, 3.8) is 0 Å². The molecular weight excluding hydrogens is 428 g/mol. The molecule has 8 heteroatoms. The topological polar surface area (TPSA) is 95.9 Å². The number of carbonyl (C=O) groups is 3. The molecule has 0 saturated carbocycles. The van der Waals surface area contributed by atoms with Gasteiger partial charge in [-0.2, -0.15) is 11.8 Å². The zero-order valence-electron chi connectivity index (χ0n) is 18.9. The molecule has 1 aromatic carbocycles. The SMILES string of the molecule is CCOC(=O)[C@H](CCc1ccccc1)NC(C)C(=O)N1CC2(CCSC2)CC[C@H]1C(=O)O. The lowest BCUT2D eigenvalue weighted by atomic mass is 9.77. The number of aliphatic carboxylic acids is 1. The number of ether oxygens (including phenoxy) is 1. The highest BCUT2D eigenvalue weighted by atomic mass is 32.2. The number of nitrogens with zero attached hydrogens (tertiary/aromatic N) is 1. The van der Waals surface area contributed by atoms with Crippen molar-refractivity contribution in [1.29, 1.82) is 0 Å². The number of carboxylic acids is 1. The van der Waals surface area contributed by atoms with Gasteiger partial charge in [0.1, 0.15) is 12.1 Å². The first-order valence-electron chi connectivity index (χ1n) is 11.4. The second kappa shape index (κ2) is 11.2. The quantitative estimate of drug-likeness (QED) is 0.545. The van der Waals surface area contributed by atoms with Crippen LogP contribution in [-0.4, -0.2) is 70.6 Å². The van der Waals surface area contributed by atoms with Crippen LogP contribution in [0.5, 0.6) is 0 Å². The van der Waals surface area contributed by atoms with Crippen LogP contribution in [0.1, 0.15) is 45.1 Å². The van der Waals surface area contributed by atoms with Gasteiger partial charge in [0.25, 0.3) is 0 Å². The first kappa shape index (κ1) is 24.6. The number of esters is 1. The standard InChI is InChI=1S/C24H34N2O5S/c1-3-31-23(30)19(10-9-18-7-5-4-6-8-18)25-17(2)21(27)26-15-24(13-14-32-16-24)12-11-20(26)22(28)29/h4-8,17,19-20,25H,3,9-16H2,1-2H3,(H,28,29)/t17?,19-,20-,24?/m0/s1. The molecule has 4 atom stereocenters. The van der Waals surface area contributed by atoms with Crippen LogP contribution >= 0.6 is 11.8 Å². The molecule has 2 unspecified atom stereocenters. The molecule has 2 saturated heterocycles. The van der Waals surface area contributed by atoms with Crippen LogP contribution < -0.4 is 5.32 Å². The van der Waals surface area contributed by atoms with E-state index >= 15 is 0 Å². The number of hydrogen-bond donors (Lipinski definition) is 2. The average Bonchev–Trinajstić information content (AvgIpc) is 3.24. The Morgan fingerprint density at radius 2 is 2.03 bits per heavy atom. The third kappa shape index (κ3) is 6.04. The van der Waals surface area contributed by atoms with Crippen molar-refractivity contribution in [2.75, 3.05) is 24.7 Å². The molecule has 176 valence electrons. The van der Waals surface area contributed by atoms with Crippen molar-refractivity contribution in [2.24, 2.45) is 5.41 Å². The van der Waals surface area contributed by atoms with Crippen LogP contribution in [0.25, 0.3) is 0 Å². The number of aryl methyl sites for hydroxylation is 1. The number of amides is 1. The highest BCUT2D eigenvalue weighted by molar-refractivity contribution is 7.99. The van der Waals surface area contributed by atoms with Gasteiger partial charge in [-0.25, -0.2) is 4.79 Å². The van der Waals surface area contributed by atoms with Crippen LogP contribution in [-0.2, 0) is 25.5 Å². The number of carboxylic acid groups (broad SMARTS) is 1. The zero-order valence-corrected chi connectivity index (χ0v) is 19.7. The maximum Gasteiger partial charge on any atom is 0.326 e. The minimum atomic E-state index is -0.961. The van der Waals surface area contributed by atoms with E-state index in [9.17, 15) is 19.5 Å². The van der Waals surface area contributed by atoms with Crippen LogP contribution in [0, 0.1) is 5.41 Å². The van der Waals surface area contributed by atoms with Gasteiger partial charge < -0.3 is 14.7 Å². The molecule has 32 heavy (non-hydrogen) atoms. The van der Waals surface area contributed by atoms with E-state index in [4.69, 9.17) is 4.74 Å². The third-order valence-corrected chi connectivity index (χ3v) is 7.85. The lowest BCUT2D eigenvalue weighted by Crippen LogP contribution is -2.59. The summed E-state index contributed by atoms with van der Waals surface area (Å²) < 4.78 is 5.23. The van der Waals surface area contributed by atoms with Crippen LogP contribution in [0.3, 0.4) is 0 Å². The summed E-state index contributed by atoms with van der Waals surface area (Å²) in [5, 5.41) is 12.9. The number of likely N-dealkylation sites (tertiary alicyclic amines) is 1. The molecule has 0 aromatic heterocycles. The second-order valence-electron chi connectivity index (χ2n) is 8.88. The number of benzene rings is 1. The Kier molecular flexibility index (Phi) is 8.59. The van der Waals surface area contributed by atoms with E-state index in [1.807, 2.05) is 42.1 Å².